The first-order valence-corrected chi connectivity index (χ1v) is 8.01. The van der Waals surface area contributed by atoms with Crippen LogP contribution in [0.15, 0.2) is 0 Å². The topological polar surface area (TPSA) is 92.5 Å². The van der Waals surface area contributed by atoms with E-state index in [-0.39, 0.29) is 23.0 Å². The lowest BCUT2D eigenvalue weighted by Gasteiger charge is -2.28. The molecule has 0 aromatic carbocycles. The number of likely N-dealkylation sites (tertiary alicyclic amines) is 1. The molecule has 0 bridgehead atoms. The lowest BCUT2D eigenvalue weighted by atomic mass is 10.1. The van der Waals surface area contributed by atoms with Crippen LogP contribution < -0.4 is 11.1 Å². The van der Waals surface area contributed by atoms with Crippen molar-refractivity contribution in [2.24, 2.45) is 11.7 Å². The molecule has 1 saturated heterocycles. The van der Waals surface area contributed by atoms with Gasteiger partial charge in [0, 0.05) is 17.7 Å². The number of rotatable bonds is 4. The molecule has 6 nitrogen and oxygen atoms in total. The van der Waals surface area contributed by atoms with Crippen LogP contribution in [0.2, 0.25) is 0 Å². The van der Waals surface area contributed by atoms with Crippen LogP contribution in [0.3, 0.4) is 0 Å². The van der Waals surface area contributed by atoms with Crippen LogP contribution in [0.25, 0.3) is 0 Å². The Morgan fingerprint density at radius 3 is 2.52 bits per heavy atom. The van der Waals surface area contributed by atoms with Crippen LogP contribution in [0.5, 0.6) is 0 Å². The van der Waals surface area contributed by atoms with E-state index < -0.39 is 18.0 Å². The summed E-state index contributed by atoms with van der Waals surface area (Å²) in [6.45, 7) is 2.14. The Balaban J connectivity index is 2.01. The molecule has 3 N–H and O–H groups in total. The van der Waals surface area contributed by atoms with Gasteiger partial charge >= 0.3 is 0 Å². The van der Waals surface area contributed by atoms with E-state index in [9.17, 15) is 14.4 Å². The van der Waals surface area contributed by atoms with E-state index in [4.69, 9.17) is 5.73 Å². The number of nitrogens with zero attached hydrogens (tertiary/aromatic N) is 1. The van der Waals surface area contributed by atoms with Crippen LogP contribution in [-0.2, 0) is 14.4 Å². The van der Waals surface area contributed by atoms with Gasteiger partial charge in [-0.1, -0.05) is 6.42 Å². The maximum absolute atomic E-state index is 12.6. The number of hydrogen-bond acceptors (Lipinski definition) is 4. The SMILES string of the molecule is C[C@H](NC(=O)[C@@H]1CCCN1C(=O)[C@@H]1CCC[C@H]1S)C(N)=O. The van der Waals surface area contributed by atoms with Gasteiger partial charge in [-0.25, -0.2) is 0 Å². The van der Waals surface area contributed by atoms with Gasteiger partial charge in [0.25, 0.3) is 0 Å². The summed E-state index contributed by atoms with van der Waals surface area (Å²) in [4.78, 5) is 37.5. The maximum atomic E-state index is 12.6. The zero-order chi connectivity index (χ0) is 15.6. The zero-order valence-corrected chi connectivity index (χ0v) is 13.1. The third-order valence-electron chi connectivity index (χ3n) is 4.42. The summed E-state index contributed by atoms with van der Waals surface area (Å²) >= 11 is 4.47. The van der Waals surface area contributed by atoms with Gasteiger partial charge < -0.3 is 16.0 Å². The quantitative estimate of drug-likeness (QED) is 0.641. The van der Waals surface area contributed by atoms with Crippen molar-refractivity contribution < 1.29 is 14.4 Å². The highest BCUT2D eigenvalue weighted by Crippen LogP contribution is 2.33. The Kier molecular flexibility index (Phi) is 5.13. The highest BCUT2D eigenvalue weighted by atomic mass is 32.1. The fourth-order valence-corrected chi connectivity index (χ4v) is 3.58. The number of amides is 3. The molecule has 0 unspecified atom stereocenters. The summed E-state index contributed by atoms with van der Waals surface area (Å²) in [5.74, 6) is -0.932. The van der Waals surface area contributed by atoms with Crippen LogP contribution in [0.1, 0.15) is 39.0 Å². The first kappa shape index (κ1) is 16.1. The van der Waals surface area contributed by atoms with Crippen molar-refractivity contribution in [2.75, 3.05) is 6.54 Å². The fourth-order valence-electron chi connectivity index (χ4n) is 3.13. The molecule has 7 heteroatoms. The summed E-state index contributed by atoms with van der Waals surface area (Å²) < 4.78 is 0. The number of thiol groups is 1. The lowest BCUT2D eigenvalue weighted by molar-refractivity contribution is -0.141. The van der Waals surface area contributed by atoms with Crippen molar-refractivity contribution >= 4 is 30.4 Å². The number of nitrogens with one attached hydrogen (secondary N) is 1. The molecule has 3 amide bonds. The standard InChI is InChI=1S/C14H23N3O3S/c1-8(12(15)18)16-13(19)10-5-3-7-17(10)14(20)9-4-2-6-11(9)21/h8-11,21H,2-7H2,1H3,(H2,15,18)(H,16,19)/t8-,9+,10-,11+/m0/s1. The number of carbonyl (C=O) groups excluding carboxylic acids is 3. The molecule has 4 atom stereocenters. The van der Waals surface area contributed by atoms with Gasteiger partial charge in [0.15, 0.2) is 0 Å². The molecule has 2 fully saturated rings. The average molecular weight is 313 g/mol. The lowest BCUT2D eigenvalue weighted by Crippen LogP contribution is -2.52. The van der Waals surface area contributed by atoms with Crippen LogP contribution in [0.4, 0.5) is 0 Å². The molecule has 21 heavy (non-hydrogen) atoms. The minimum absolute atomic E-state index is 0.0249. The Labute approximate surface area is 130 Å². The second kappa shape index (κ2) is 6.68. The van der Waals surface area contributed by atoms with Crippen molar-refractivity contribution in [1.29, 1.82) is 0 Å². The fraction of sp³-hybridized carbons (Fsp3) is 0.786. The second-order valence-electron chi connectivity index (χ2n) is 5.93. The largest absolute Gasteiger partial charge is 0.368 e. The highest BCUT2D eigenvalue weighted by molar-refractivity contribution is 7.81. The zero-order valence-electron chi connectivity index (χ0n) is 12.2. The van der Waals surface area contributed by atoms with E-state index in [2.05, 4.69) is 17.9 Å². The predicted octanol–water partition coefficient (Wildman–Crippen LogP) is 0.0659. The van der Waals surface area contributed by atoms with Gasteiger partial charge in [-0.05, 0) is 32.6 Å². The summed E-state index contributed by atoms with van der Waals surface area (Å²) in [6, 6.07) is -1.21. The number of carbonyl (C=O) groups is 3. The molecule has 0 spiro atoms. The van der Waals surface area contributed by atoms with E-state index in [0.717, 1.165) is 25.7 Å². The Hall–Kier alpha value is -1.24. The number of nitrogens with two attached hydrogens (primary N) is 1. The maximum Gasteiger partial charge on any atom is 0.243 e. The monoisotopic (exact) mass is 313 g/mol. The summed E-state index contributed by atoms with van der Waals surface area (Å²) in [7, 11) is 0. The van der Waals surface area contributed by atoms with Crippen molar-refractivity contribution in [3.63, 3.8) is 0 Å². The normalized spacial score (nSPS) is 30.2. The van der Waals surface area contributed by atoms with Gasteiger partial charge in [0.1, 0.15) is 12.1 Å². The summed E-state index contributed by atoms with van der Waals surface area (Å²) in [6.07, 6.45) is 4.23. The Morgan fingerprint density at radius 1 is 1.24 bits per heavy atom. The van der Waals surface area contributed by atoms with Crippen molar-refractivity contribution in [3.8, 4) is 0 Å². The highest BCUT2D eigenvalue weighted by Gasteiger charge is 2.40. The smallest absolute Gasteiger partial charge is 0.243 e. The van der Waals surface area contributed by atoms with Crippen molar-refractivity contribution in [3.05, 3.63) is 0 Å². The predicted molar refractivity (Wildman–Crippen MR) is 81.6 cm³/mol. The Morgan fingerprint density at radius 2 is 1.95 bits per heavy atom. The van der Waals surface area contributed by atoms with Crippen LogP contribution >= 0.6 is 12.6 Å². The van der Waals surface area contributed by atoms with Crippen molar-refractivity contribution in [2.45, 2.75) is 56.4 Å². The number of hydrogen-bond donors (Lipinski definition) is 3. The third kappa shape index (κ3) is 3.51. The first-order chi connectivity index (χ1) is 9.91. The van der Waals surface area contributed by atoms with E-state index in [1.165, 1.54) is 0 Å². The molecule has 0 aromatic heterocycles. The van der Waals surface area contributed by atoms with Gasteiger partial charge in [0.05, 0.1) is 0 Å². The van der Waals surface area contributed by atoms with Gasteiger partial charge in [-0.15, -0.1) is 0 Å². The Bertz CT molecular complexity index is 443. The van der Waals surface area contributed by atoms with Crippen LogP contribution in [0, 0.1) is 5.92 Å². The molecular formula is C14H23N3O3S. The summed E-state index contributed by atoms with van der Waals surface area (Å²) in [5.41, 5.74) is 5.15. The average Bonchev–Trinajstić information content (AvgIpc) is 3.06. The molecule has 1 saturated carbocycles. The molecular weight excluding hydrogens is 290 g/mol. The minimum Gasteiger partial charge on any atom is -0.368 e. The summed E-state index contributed by atoms with van der Waals surface area (Å²) in [5, 5.41) is 2.67. The van der Waals surface area contributed by atoms with Gasteiger partial charge in [0.2, 0.25) is 17.7 Å². The van der Waals surface area contributed by atoms with Gasteiger partial charge in [-0.3, -0.25) is 14.4 Å². The minimum atomic E-state index is -0.723. The molecule has 1 aliphatic heterocycles. The molecule has 0 radical (unpaired) electrons. The first-order valence-electron chi connectivity index (χ1n) is 7.50. The second-order valence-corrected chi connectivity index (χ2v) is 6.59. The van der Waals surface area contributed by atoms with E-state index >= 15 is 0 Å². The molecule has 1 aliphatic carbocycles. The molecule has 0 aromatic rings. The van der Waals surface area contributed by atoms with E-state index in [1.54, 1.807) is 11.8 Å². The van der Waals surface area contributed by atoms with Gasteiger partial charge in [-0.2, -0.15) is 12.6 Å². The van der Waals surface area contributed by atoms with Crippen molar-refractivity contribution in [1.82, 2.24) is 10.2 Å². The number of primary amides is 1. The molecule has 2 aliphatic rings. The third-order valence-corrected chi connectivity index (χ3v) is 5.04. The molecule has 118 valence electrons. The molecule has 2 rings (SSSR count). The van der Waals surface area contributed by atoms with Crippen LogP contribution in [-0.4, -0.2) is 46.5 Å². The van der Waals surface area contributed by atoms with E-state index in [0.29, 0.717) is 13.0 Å². The van der Waals surface area contributed by atoms with E-state index in [1.807, 2.05) is 0 Å². The molecule has 1 heterocycles.